The van der Waals surface area contributed by atoms with Gasteiger partial charge in [0.1, 0.15) is 0 Å². The van der Waals surface area contributed by atoms with Gasteiger partial charge in [0, 0.05) is 30.3 Å². The Morgan fingerprint density at radius 3 is 3.24 bits per heavy atom. The number of carbonyl (C=O) groups excluding carboxylic acids is 1. The summed E-state index contributed by atoms with van der Waals surface area (Å²) in [4.78, 5) is 18.5. The van der Waals surface area contributed by atoms with Crippen LogP contribution < -0.4 is 5.01 Å². The zero-order valence-electron chi connectivity index (χ0n) is 9.65. The molecule has 0 aliphatic carbocycles. The van der Waals surface area contributed by atoms with Gasteiger partial charge in [-0.2, -0.15) is 0 Å². The van der Waals surface area contributed by atoms with Crippen molar-refractivity contribution in [3.05, 3.63) is 22.8 Å². The summed E-state index contributed by atoms with van der Waals surface area (Å²) in [5.74, 6) is 0.641. The highest BCUT2D eigenvalue weighted by Gasteiger charge is 2.30. The van der Waals surface area contributed by atoms with E-state index in [4.69, 9.17) is 5.53 Å². The lowest BCUT2D eigenvalue weighted by atomic mass is 10.0. The summed E-state index contributed by atoms with van der Waals surface area (Å²) in [5.41, 5.74) is 8.41. The molecule has 1 saturated heterocycles. The fourth-order valence-corrected chi connectivity index (χ4v) is 2.16. The van der Waals surface area contributed by atoms with Crippen LogP contribution in [-0.2, 0) is 4.79 Å². The minimum atomic E-state index is 0.0517. The quantitative estimate of drug-likeness (QED) is 0.453. The van der Waals surface area contributed by atoms with E-state index in [0.717, 1.165) is 12.8 Å². The van der Waals surface area contributed by atoms with Crippen molar-refractivity contribution in [2.75, 3.05) is 11.6 Å². The van der Waals surface area contributed by atoms with Crippen LogP contribution in [0.3, 0.4) is 0 Å². The van der Waals surface area contributed by atoms with E-state index in [2.05, 4.69) is 21.9 Å². The summed E-state index contributed by atoms with van der Waals surface area (Å²) in [6, 6.07) is 0. The first-order valence-corrected chi connectivity index (χ1v) is 5.65. The van der Waals surface area contributed by atoms with Crippen molar-refractivity contribution in [3.63, 3.8) is 0 Å². The van der Waals surface area contributed by atoms with Crippen LogP contribution in [0.2, 0.25) is 0 Å². The summed E-state index contributed by atoms with van der Waals surface area (Å²) in [7, 11) is 0. The predicted octanol–water partition coefficient (Wildman–Crippen LogP) is 2.11. The molecule has 1 aliphatic heterocycles. The molecule has 90 valence electrons. The third-order valence-electron chi connectivity index (χ3n) is 2.88. The lowest BCUT2D eigenvalue weighted by molar-refractivity contribution is -0.118. The van der Waals surface area contributed by atoms with Crippen LogP contribution in [0.15, 0.2) is 17.5 Å². The Kier molecular flexibility index (Phi) is 3.30. The number of hydrogen-bond donors (Lipinski definition) is 0. The minimum Gasteiger partial charge on any atom is -0.273 e. The zero-order chi connectivity index (χ0) is 12.3. The van der Waals surface area contributed by atoms with E-state index in [1.165, 1.54) is 10.9 Å². The standard InChI is InChI=1S/C10H14N6O/c1-2-3-8-6-9(17)16(7-8)15-5-4-12-10(15)13-14-11/h4-5,8H,2-3,6-7H2,1H3. The number of hydrogen-bond acceptors (Lipinski definition) is 3. The fourth-order valence-electron chi connectivity index (χ4n) is 2.16. The number of aromatic nitrogens is 2. The summed E-state index contributed by atoms with van der Waals surface area (Å²) in [6.45, 7) is 2.77. The third-order valence-corrected chi connectivity index (χ3v) is 2.88. The highest BCUT2D eigenvalue weighted by Crippen LogP contribution is 2.23. The van der Waals surface area contributed by atoms with Crippen molar-refractivity contribution in [2.24, 2.45) is 11.0 Å². The Bertz CT molecular complexity index is 461. The molecule has 1 aromatic rings. The third kappa shape index (κ3) is 2.24. The average molecular weight is 234 g/mol. The van der Waals surface area contributed by atoms with Crippen LogP contribution in [0.5, 0.6) is 0 Å². The monoisotopic (exact) mass is 234 g/mol. The van der Waals surface area contributed by atoms with Gasteiger partial charge in [-0.1, -0.05) is 13.3 Å². The Morgan fingerprint density at radius 2 is 2.53 bits per heavy atom. The van der Waals surface area contributed by atoms with Gasteiger partial charge in [-0.3, -0.25) is 4.79 Å². The van der Waals surface area contributed by atoms with Crippen molar-refractivity contribution in [1.29, 1.82) is 0 Å². The lowest BCUT2D eigenvalue weighted by Gasteiger charge is -2.18. The molecule has 0 N–H and O–H groups in total. The molecule has 1 unspecified atom stereocenters. The summed E-state index contributed by atoms with van der Waals surface area (Å²) >= 11 is 0. The molecule has 1 atom stereocenters. The second kappa shape index (κ2) is 4.88. The van der Waals surface area contributed by atoms with Gasteiger partial charge in [0.2, 0.25) is 11.9 Å². The smallest absolute Gasteiger partial charge is 0.241 e. The topological polar surface area (TPSA) is 86.9 Å². The number of carbonyl (C=O) groups is 1. The highest BCUT2D eigenvalue weighted by atomic mass is 16.2. The van der Waals surface area contributed by atoms with E-state index in [0.29, 0.717) is 18.9 Å². The molecular formula is C10H14N6O. The molecule has 7 heteroatoms. The molecule has 0 saturated carbocycles. The van der Waals surface area contributed by atoms with Crippen LogP contribution in [0.1, 0.15) is 26.2 Å². The van der Waals surface area contributed by atoms with E-state index in [1.807, 2.05) is 0 Å². The number of azide groups is 1. The molecule has 1 fully saturated rings. The highest BCUT2D eigenvalue weighted by molar-refractivity contribution is 5.88. The maximum atomic E-state index is 11.9. The van der Waals surface area contributed by atoms with Gasteiger partial charge in [0.25, 0.3) is 0 Å². The van der Waals surface area contributed by atoms with Crippen molar-refractivity contribution >= 4 is 11.9 Å². The van der Waals surface area contributed by atoms with Crippen molar-refractivity contribution in [3.8, 4) is 0 Å². The molecule has 0 spiro atoms. The lowest BCUT2D eigenvalue weighted by Crippen LogP contribution is -2.35. The first-order chi connectivity index (χ1) is 8.26. The van der Waals surface area contributed by atoms with Crippen LogP contribution in [-0.4, -0.2) is 22.1 Å². The molecule has 17 heavy (non-hydrogen) atoms. The second-order valence-corrected chi connectivity index (χ2v) is 4.10. The van der Waals surface area contributed by atoms with Gasteiger partial charge in [-0.15, -0.1) is 0 Å². The molecule has 0 bridgehead atoms. The first-order valence-electron chi connectivity index (χ1n) is 5.65. The Morgan fingerprint density at radius 1 is 1.71 bits per heavy atom. The van der Waals surface area contributed by atoms with Crippen LogP contribution >= 0.6 is 0 Å². The SMILES string of the molecule is CCCC1CC(=O)N(n2ccnc2N=[N+]=[N-])C1. The molecule has 2 rings (SSSR count). The van der Waals surface area contributed by atoms with Crippen molar-refractivity contribution in [2.45, 2.75) is 26.2 Å². The van der Waals surface area contributed by atoms with E-state index in [9.17, 15) is 4.79 Å². The average Bonchev–Trinajstić information content (AvgIpc) is 2.86. The van der Waals surface area contributed by atoms with Gasteiger partial charge in [-0.25, -0.2) is 14.7 Å². The Hall–Kier alpha value is -2.01. The van der Waals surface area contributed by atoms with Gasteiger partial charge < -0.3 is 0 Å². The molecule has 1 amide bonds. The Labute approximate surface area is 98.6 Å². The number of rotatable bonds is 4. The summed E-state index contributed by atoms with van der Waals surface area (Å²) in [5, 5.41) is 5.05. The van der Waals surface area contributed by atoms with Crippen LogP contribution in [0.25, 0.3) is 10.4 Å². The predicted molar refractivity (Wildman–Crippen MR) is 62.1 cm³/mol. The number of nitrogens with zero attached hydrogens (tertiary/aromatic N) is 6. The molecule has 1 aliphatic rings. The van der Waals surface area contributed by atoms with E-state index in [1.54, 1.807) is 11.2 Å². The first kappa shape index (κ1) is 11.5. The largest absolute Gasteiger partial charge is 0.273 e. The molecule has 0 radical (unpaired) electrons. The number of amides is 1. The fraction of sp³-hybridized carbons (Fsp3) is 0.600. The normalized spacial score (nSPS) is 19.5. The molecule has 1 aromatic heterocycles. The van der Waals surface area contributed by atoms with Gasteiger partial charge in [0.05, 0.1) is 0 Å². The van der Waals surface area contributed by atoms with Crippen molar-refractivity contribution < 1.29 is 4.79 Å². The van der Waals surface area contributed by atoms with E-state index >= 15 is 0 Å². The molecule has 0 aromatic carbocycles. The van der Waals surface area contributed by atoms with E-state index in [-0.39, 0.29) is 11.9 Å². The molecular weight excluding hydrogens is 220 g/mol. The maximum Gasteiger partial charge on any atom is 0.241 e. The van der Waals surface area contributed by atoms with Crippen LogP contribution in [0, 0.1) is 5.92 Å². The summed E-state index contributed by atoms with van der Waals surface area (Å²) in [6.07, 6.45) is 5.81. The summed E-state index contributed by atoms with van der Waals surface area (Å²) < 4.78 is 1.53. The van der Waals surface area contributed by atoms with Crippen molar-refractivity contribution in [1.82, 2.24) is 9.66 Å². The second-order valence-electron chi connectivity index (χ2n) is 4.10. The van der Waals surface area contributed by atoms with Crippen LogP contribution in [0.4, 0.5) is 5.95 Å². The minimum absolute atomic E-state index is 0.0517. The van der Waals surface area contributed by atoms with Gasteiger partial charge in [-0.05, 0) is 23.0 Å². The molecule has 7 nitrogen and oxygen atoms in total. The van der Waals surface area contributed by atoms with E-state index < -0.39 is 0 Å². The maximum absolute atomic E-state index is 11.9. The zero-order valence-corrected chi connectivity index (χ0v) is 9.65. The Balaban J connectivity index is 2.20. The van der Waals surface area contributed by atoms with Gasteiger partial charge >= 0.3 is 0 Å². The molecule has 2 heterocycles. The number of imidazole rings is 1. The van der Waals surface area contributed by atoms with Gasteiger partial charge in [0.15, 0.2) is 0 Å².